The molecular weight excluding hydrogens is 216 g/mol. The zero-order chi connectivity index (χ0) is 11.4. The lowest BCUT2D eigenvalue weighted by Gasteiger charge is -2.45. The predicted molar refractivity (Wildman–Crippen MR) is 72.6 cm³/mol. The molecule has 1 N–H and O–H groups in total. The van der Waals surface area contributed by atoms with Crippen molar-refractivity contribution in [2.24, 2.45) is 5.92 Å². The zero-order valence-corrected chi connectivity index (χ0v) is 11.2. The lowest BCUT2D eigenvalue weighted by Crippen LogP contribution is -2.53. The average Bonchev–Trinajstić information content (AvgIpc) is 2.35. The van der Waals surface area contributed by atoms with E-state index in [9.17, 15) is 0 Å². The van der Waals surface area contributed by atoms with E-state index in [0.717, 1.165) is 30.0 Å². The van der Waals surface area contributed by atoms with E-state index in [1.165, 1.54) is 45.1 Å². The van der Waals surface area contributed by atoms with Crippen molar-refractivity contribution in [1.29, 1.82) is 0 Å². The Kier molecular flexibility index (Phi) is 4.45. The van der Waals surface area contributed by atoms with E-state index in [1.54, 1.807) is 0 Å². The summed E-state index contributed by atoms with van der Waals surface area (Å²) in [5.74, 6) is 0.920. The second-order valence-electron chi connectivity index (χ2n) is 5.18. The standard InChI is InChI=1S/C13H24N2S/c1-2-9-14-13(16)15-10-5-7-11-6-3-4-8-12(11)15/h11-12H,2-10H2,1H3,(H,14,16)/t11-,12-/m1/s1. The van der Waals surface area contributed by atoms with E-state index < -0.39 is 0 Å². The maximum Gasteiger partial charge on any atom is 0.169 e. The average molecular weight is 240 g/mol. The third-order valence-electron chi connectivity index (χ3n) is 4.03. The first-order valence-electron chi connectivity index (χ1n) is 6.87. The summed E-state index contributed by atoms with van der Waals surface area (Å²) in [6.07, 6.45) is 9.53. The van der Waals surface area contributed by atoms with Crippen molar-refractivity contribution in [2.45, 2.75) is 57.9 Å². The zero-order valence-electron chi connectivity index (χ0n) is 10.4. The van der Waals surface area contributed by atoms with Gasteiger partial charge in [-0.25, -0.2) is 0 Å². The number of thiocarbonyl (C=S) groups is 1. The molecule has 92 valence electrons. The Hall–Kier alpha value is -0.310. The van der Waals surface area contributed by atoms with E-state index in [-0.39, 0.29) is 0 Å². The van der Waals surface area contributed by atoms with Gasteiger partial charge in [-0.3, -0.25) is 0 Å². The first-order chi connectivity index (χ1) is 7.83. The molecule has 2 rings (SSSR count). The summed E-state index contributed by atoms with van der Waals surface area (Å²) in [7, 11) is 0. The van der Waals surface area contributed by atoms with Crippen LogP contribution < -0.4 is 5.32 Å². The summed E-state index contributed by atoms with van der Waals surface area (Å²) >= 11 is 5.52. The van der Waals surface area contributed by atoms with E-state index in [1.807, 2.05) is 0 Å². The van der Waals surface area contributed by atoms with Crippen LogP contribution in [0.15, 0.2) is 0 Å². The Morgan fingerprint density at radius 3 is 2.81 bits per heavy atom. The number of nitrogens with zero attached hydrogens (tertiary/aromatic N) is 1. The first kappa shape index (κ1) is 12.2. The van der Waals surface area contributed by atoms with E-state index in [4.69, 9.17) is 12.2 Å². The van der Waals surface area contributed by atoms with Gasteiger partial charge >= 0.3 is 0 Å². The van der Waals surface area contributed by atoms with Crippen LogP contribution in [0.2, 0.25) is 0 Å². The Morgan fingerprint density at radius 1 is 1.25 bits per heavy atom. The maximum absolute atomic E-state index is 5.52. The molecule has 1 saturated heterocycles. The number of rotatable bonds is 2. The molecule has 1 aliphatic carbocycles. The van der Waals surface area contributed by atoms with Gasteiger partial charge in [-0.1, -0.05) is 19.8 Å². The topological polar surface area (TPSA) is 15.3 Å². The molecule has 2 fully saturated rings. The second-order valence-corrected chi connectivity index (χ2v) is 5.57. The number of hydrogen-bond acceptors (Lipinski definition) is 1. The Morgan fingerprint density at radius 2 is 2.00 bits per heavy atom. The largest absolute Gasteiger partial charge is 0.363 e. The van der Waals surface area contributed by atoms with Crippen LogP contribution in [0.5, 0.6) is 0 Å². The molecule has 0 unspecified atom stereocenters. The normalized spacial score (nSPS) is 29.7. The SMILES string of the molecule is CCCNC(=S)N1CCC[C@H]2CCCC[C@H]21. The molecule has 1 heterocycles. The number of hydrogen-bond donors (Lipinski definition) is 1. The van der Waals surface area contributed by atoms with Gasteiger partial charge in [0.15, 0.2) is 5.11 Å². The fraction of sp³-hybridized carbons (Fsp3) is 0.923. The van der Waals surface area contributed by atoms with Crippen molar-refractivity contribution in [3.63, 3.8) is 0 Å². The van der Waals surface area contributed by atoms with E-state index >= 15 is 0 Å². The molecule has 0 bridgehead atoms. The number of likely N-dealkylation sites (tertiary alicyclic amines) is 1. The van der Waals surface area contributed by atoms with Gasteiger partial charge in [-0.05, 0) is 50.2 Å². The highest BCUT2D eigenvalue weighted by atomic mass is 32.1. The van der Waals surface area contributed by atoms with Crippen molar-refractivity contribution in [2.75, 3.05) is 13.1 Å². The second kappa shape index (κ2) is 5.85. The lowest BCUT2D eigenvalue weighted by atomic mass is 9.78. The molecular formula is C13H24N2S. The van der Waals surface area contributed by atoms with Crippen LogP contribution in [-0.4, -0.2) is 29.1 Å². The highest BCUT2D eigenvalue weighted by Crippen LogP contribution is 2.35. The molecule has 2 aliphatic rings. The number of nitrogens with one attached hydrogen (secondary N) is 1. The van der Waals surface area contributed by atoms with Crippen molar-refractivity contribution in [3.05, 3.63) is 0 Å². The highest BCUT2D eigenvalue weighted by molar-refractivity contribution is 7.80. The van der Waals surface area contributed by atoms with Gasteiger partial charge in [0.25, 0.3) is 0 Å². The molecule has 0 amide bonds. The van der Waals surface area contributed by atoms with Crippen LogP contribution in [0, 0.1) is 5.92 Å². The summed E-state index contributed by atoms with van der Waals surface area (Å²) in [4.78, 5) is 2.48. The molecule has 3 heteroatoms. The third-order valence-corrected chi connectivity index (χ3v) is 4.41. The Labute approximate surface area is 105 Å². The van der Waals surface area contributed by atoms with Crippen LogP contribution in [-0.2, 0) is 0 Å². The smallest absolute Gasteiger partial charge is 0.169 e. The number of piperidine rings is 1. The minimum atomic E-state index is 0.749. The van der Waals surface area contributed by atoms with Crippen LogP contribution in [0.3, 0.4) is 0 Å². The van der Waals surface area contributed by atoms with Crippen LogP contribution in [0.25, 0.3) is 0 Å². The molecule has 0 radical (unpaired) electrons. The first-order valence-corrected chi connectivity index (χ1v) is 7.28. The third kappa shape index (κ3) is 2.68. The van der Waals surface area contributed by atoms with Crippen molar-refractivity contribution in [1.82, 2.24) is 10.2 Å². The molecule has 0 spiro atoms. The van der Waals surface area contributed by atoms with E-state index in [2.05, 4.69) is 17.1 Å². The molecule has 1 saturated carbocycles. The van der Waals surface area contributed by atoms with Gasteiger partial charge in [-0.2, -0.15) is 0 Å². The van der Waals surface area contributed by atoms with Crippen LogP contribution in [0.1, 0.15) is 51.9 Å². The maximum atomic E-state index is 5.52. The van der Waals surface area contributed by atoms with Crippen molar-refractivity contribution in [3.8, 4) is 0 Å². The molecule has 2 atom stereocenters. The fourth-order valence-electron chi connectivity index (χ4n) is 3.21. The van der Waals surface area contributed by atoms with Gasteiger partial charge in [0.05, 0.1) is 0 Å². The van der Waals surface area contributed by atoms with Crippen LogP contribution >= 0.6 is 12.2 Å². The van der Waals surface area contributed by atoms with Gasteiger partial charge in [0.2, 0.25) is 0 Å². The Balaban J connectivity index is 1.93. The van der Waals surface area contributed by atoms with Crippen molar-refractivity contribution >= 4 is 17.3 Å². The molecule has 0 aromatic carbocycles. The summed E-state index contributed by atoms with van der Waals surface area (Å²) in [6.45, 7) is 4.39. The van der Waals surface area contributed by atoms with Gasteiger partial charge in [-0.15, -0.1) is 0 Å². The fourth-order valence-corrected chi connectivity index (χ4v) is 3.54. The molecule has 1 aliphatic heterocycles. The lowest BCUT2D eigenvalue weighted by molar-refractivity contribution is 0.118. The molecule has 16 heavy (non-hydrogen) atoms. The minimum Gasteiger partial charge on any atom is -0.363 e. The molecule has 0 aromatic heterocycles. The van der Waals surface area contributed by atoms with Gasteiger partial charge in [0.1, 0.15) is 0 Å². The summed E-state index contributed by atoms with van der Waals surface area (Å²) in [6, 6.07) is 0.749. The van der Waals surface area contributed by atoms with Gasteiger partial charge in [0, 0.05) is 19.1 Å². The van der Waals surface area contributed by atoms with Crippen LogP contribution in [0.4, 0.5) is 0 Å². The quantitative estimate of drug-likeness (QED) is 0.747. The summed E-state index contributed by atoms with van der Waals surface area (Å²) < 4.78 is 0. The van der Waals surface area contributed by atoms with Crippen molar-refractivity contribution < 1.29 is 0 Å². The minimum absolute atomic E-state index is 0.749. The summed E-state index contributed by atoms with van der Waals surface area (Å²) in [5, 5.41) is 4.40. The summed E-state index contributed by atoms with van der Waals surface area (Å²) in [5.41, 5.74) is 0. The Bertz CT molecular complexity index is 240. The van der Waals surface area contributed by atoms with E-state index in [0.29, 0.717) is 0 Å². The number of fused-ring (bicyclic) bond motifs is 1. The highest BCUT2D eigenvalue weighted by Gasteiger charge is 2.34. The molecule has 2 nitrogen and oxygen atoms in total. The monoisotopic (exact) mass is 240 g/mol. The molecule has 0 aromatic rings. The van der Waals surface area contributed by atoms with Gasteiger partial charge < -0.3 is 10.2 Å². The predicted octanol–water partition coefficient (Wildman–Crippen LogP) is 2.93.